The number of furan rings is 1. The molecule has 1 unspecified atom stereocenters. The van der Waals surface area contributed by atoms with Gasteiger partial charge in [0.1, 0.15) is 18.0 Å². The van der Waals surface area contributed by atoms with E-state index in [0.717, 1.165) is 36.1 Å². The van der Waals surface area contributed by atoms with Crippen LogP contribution in [0, 0.1) is 5.92 Å². The lowest BCUT2D eigenvalue weighted by Gasteiger charge is -2.20. The van der Waals surface area contributed by atoms with Crippen molar-refractivity contribution in [3.63, 3.8) is 0 Å². The fraction of sp³-hybridized carbons (Fsp3) is 0.471. The Hall–Kier alpha value is -1.52. The Morgan fingerprint density at radius 1 is 1.45 bits per heavy atom. The molecule has 22 heavy (non-hydrogen) atoms. The minimum atomic E-state index is -0.119. The Kier molecular flexibility index (Phi) is 4.41. The fourth-order valence-corrected chi connectivity index (χ4v) is 3.07. The first-order valence-corrected chi connectivity index (χ1v) is 7.93. The van der Waals surface area contributed by atoms with Gasteiger partial charge in [0.25, 0.3) is 0 Å². The van der Waals surface area contributed by atoms with Gasteiger partial charge in [-0.1, -0.05) is 11.6 Å². The lowest BCUT2D eigenvalue weighted by molar-refractivity contribution is -0.149. The molecule has 0 amide bonds. The van der Waals surface area contributed by atoms with Crippen LogP contribution in [-0.2, 0) is 22.4 Å². The van der Waals surface area contributed by atoms with E-state index in [9.17, 15) is 4.79 Å². The van der Waals surface area contributed by atoms with Gasteiger partial charge >= 0.3 is 5.97 Å². The van der Waals surface area contributed by atoms with Crippen LogP contribution in [0.3, 0.4) is 0 Å². The molecule has 0 N–H and O–H groups in total. The maximum Gasteiger partial charge on any atom is 0.309 e. The number of rotatable bonds is 4. The average molecular weight is 322 g/mol. The SMILES string of the molecule is CN(C)CCOC(=O)C1CCc2c(oc3cc(Cl)ccc23)C1. The van der Waals surface area contributed by atoms with Gasteiger partial charge in [-0.25, -0.2) is 0 Å². The van der Waals surface area contributed by atoms with Gasteiger partial charge in [0.05, 0.1) is 5.92 Å². The summed E-state index contributed by atoms with van der Waals surface area (Å²) in [5.41, 5.74) is 2.02. The highest BCUT2D eigenvalue weighted by Crippen LogP contribution is 2.35. The van der Waals surface area contributed by atoms with E-state index in [4.69, 9.17) is 20.8 Å². The highest BCUT2D eigenvalue weighted by molar-refractivity contribution is 6.31. The minimum Gasteiger partial charge on any atom is -0.464 e. The van der Waals surface area contributed by atoms with Crippen molar-refractivity contribution in [2.45, 2.75) is 19.3 Å². The molecule has 0 fully saturated rings. The summed E-state index contributed by atoms with van der Waals surface area (Å²) in [4.78, 5) is 14.2. The quantitative estimate of drug-likeness (QED) is 0.810. The van der Waals surface area contributed by atoms with Crippen LogP contribution in [0.5, 0.6) is 0 Å². The van der Waals surface area contributed by atoms with Crippen molar-refractivity contribution in [3.8, 4) is 0 Å². The molecule has 118 valence electrons. The van der Waals surface area contributed by atoms with Crippen molar-refractivity contribution in [3.05, 3.63) is 34.5 Å². The number of carbonyl (C=O) groups excluding carboxylic acids is 1. The Balaban J connectivity index is 1.71. The molecule has 0 saturated carbocycles. The number of aryl methyl sites for hydroxylation is 1. The third-order valence-corrected chi connectivity index (χ3v) is 4.36. The van der Waals surface area contributed by atoms with Crippen molar-refractivity contribution < 1.29 is 13.9 Å². The van der Waals surface area contributed by atoms with E-state index in [2.05, 4.69) is 0 Å². The molecular weight excluding hydrogens is 302 g/mol. The lowest BCUT2D eigenvalue weighted by atomic mass is 9.87. The monoisotopic (exact) mass is 321 g/mol. The van der Waals surface area contributed by atoms with Gasteiger partial charge in [0.2, 0.25) is 0 Å². The minimum absolute atomic E-state index is 0.106. The number of likely N-dealkylation sites (N-methyl/N-ethyl adjacent to an activating group) is 1. The van der Waals surface area contributed by atoms with Crippen molar-refractivity contribution in [2.24, 2.45) is 5.92 Å². The van der Waals surface area contributed by atoms with Gasteiger partial charge < -0.3 is 14.1 Å². The molecule has 0 radical (unpaired) electrons. The molecule has 4 nitrogen and oxygen atoms in total. The lowest BCUT2D eigenvalue weighted by Crippen LogP contribution is -2.27. The fourth-order valence-electron chi connectivity index (χ4n) is 2.91. The van der Waals surface area contributed by atoms with Gasteiger partial charge in [-0.2, -0.15) is 0 Å². The van der Waals surface area contributed by atoms with Gasteiger partial charge in [-0.05, 0) is 39.1 Å². The smallest absolute Gasteiger partial charge is 0.309 e. The van der Waals surface area contributed by atoms with E-state index in [1.807, 2.05) is 37.2 Å². The standard InChI is InChI=1S/C17H20ClNO3/c1-19(2)7-8-21-17(20)11-3-5-13-14-6-4-12(18)10-16(14)22-15(13)9-11/h4,6,10-11H,3,5,7-9H2,1-2H3. The zero-order chi connectivity index (χ0) is 15.7. The van der Waals surface area contributed by atoms with Crippen LogP contribution in [0.4, 0.5) is 0 Å². The van der Waals surface area contributed by atoms with E-state index in [-0.39, 0.29) is 11.9 Å². The van der Waals surface area contributed by atoms with Crippen LogP contribution in [0.2, 0.25) is 5.02 Å². The summed E-state index contributed by atoms with van der Waals surface area (Å²) in [7, 11) is 3.92. The Labute approximate surface area is 135 Å². The maximum absolute atomic E-state index is 12.2. The summed E-state index contributed by atoms with van der Waals surface area (Å²) in [6, 6.07) is 5.71. The van der Waals surface area contributed by atoms with Crippen LogP contribution < -0.4 is 0 Å². The van der Waals surface area contributed by atoms with Crippen LogP contribution in [0.15, 0.2) is 22.6 Å². The predicted octanol–water partition coefficient (Wildman–Crippen LogP) is 3.30. The summed E-state index contributed by atoms with van der Waals surface area (Å²) in [6.45, 7) is 1.18. The molecule has 1 aliphatic rings. The van der Waals surface area contributed by atoms with Gasteiger partial charge in [0.15, 0.2) is 0 Å². The number of benzene rings is 1. The second-order valence-electron chi connectivity index (χ2n) is 6.05. The van der Waals surface area contributed by atoms with Gasteiger partial charge in [-0.3, -0.25) is 4.79 Å². The molecule has 1 heterocycles. The van der Waals surface area contributed by atoms with Crippen LogP contribution in [-0.4, -0.2) is 38.1 Å². The average Bonchev–Trinajstić information content (AvgIpc) is 2.82. The Morgan fingerprint density at radius 2 is 2.27 bits per heavy atom. The zero-order valence-electron chi connectivity index (χ0n) is 12.9. The van der Waals surface area contributed by atoms with Crippen molar-refractivity contribution in [1.29, 1.82) is 0 Å². The molecular formula is C17H20ClNO3. The van der Waals surface area contributed by atoms with E-state index < -0.39 is 0 Å². The molecule has 1 aromatic carbocycles. The number of halogens is 1. The molecule has 5 heteroatoms. The third-order valence-electron chi connectivity index (χ3n) is 4.13. The first-order valence-electron chi connectivity index (χ1n) is 7.56. The van der Waals surface area contributed by atoms with Gasteiger partial charge in [0, 0.05) is 35.0 Å². The van der Waals surface area contributed by atoms with Crippen LogP contribution in [0.1, 0.15) is 17.7 Å². The zero-order valence-corrected chi connectivity index (χ0v) is 13.7. The van der Waals surface area contributed by atoms with E-state index in [1.54, 1.807) is 0 Å². The molecule has 3 rings (SSSR count). The number of esters is 1. The number of fused-ring (bicyclic) bond motifs is 3. The summed E-state index contributed by atoms with van der Waals surface area (Å²) < 4.78 is 11.3. The molecule has 0 saturated heterocycles. The van der Waals surface area contributed by atoms with Crippen molar-refractivity contribution in [2.75, 3.05) is 27.2 Å². The summed E-state index contributed by atoms with van der Waals surface area (Å²) in [5, 5.41) is 1.78. The second kappa shape index (κ2) is 6.31. The number of hydrogen-bond donors (Lipinski definition) is 0. The van der Waals surface area contributed by atoms with E-state index in [1.165, 1.54) is 5.56 Å². The predicted molar refractivity (Wildman–Crippen MR) is 86.3 cm³/mol. The highest BCUT2D eigenvalue weighted by Gasteiger charge is 2.29. The van der Waals surface area contributed by atoms with Gasteiger partial charge in [-0.15, -0.1) is 0 Å². The summed E-state index contributed by atoms with van der Waals surface area (Å²) in [5.74, 6) is 0.676. The maximum atomic E-state index is 12.2. The molecule has 0 spiro atoms. The largest absolute Gasteiger partial charge is 0.464 e. The molecule has 2 aromatic rings. The molecule has 1 aliphatic carbocycles. The summed E-state index contributed by atoms with van der Waals surface area (Å²) in [6.07, 6.45) is 2.27. The van der Waals surface area contributed by atoms with Crippen molar-refractivity contribution in [1.82, 2.24) is 4.90 Å². The van der Waals surface area contributed by atoms with Crippen LogP contribution in [0.25, 0.3) is 11.0 Å². The number of nitrogens with zero attached hydrogens (tertiary/aromatic N) is 1. The summed E-state index contributed by atoms with van der Waals surface area (Å²) >= 11 is 6.01. The topological polar surface area (TPSA) is 42.7 Å². The Bertz CT molecular complexity index is 693. The van der Waals surface area contributed by atoms with E-state index in [0.29, 0.717) is 18.1 Å². The third kappa shape index (κ3) is 3.13. The first kappa shape index (κ1) is 15.4. The van der Waals surface area contributed by atoms with Crippen LogP contribution >= 0.6 is 11.6 Å². The highest BCUT2D eigenvalue weighted by atomic mass is 35.5. The Morgan fingerprint density at radius 3 is 3.05 bits per heavy atom. The second-order valence-corrected chi connectivity index (χ2v) is 6.49. The molecule has 0 aliphatic heterocycles. The van der Waals surface area contributed by atoms with Crippen molar-refractivity contribution >= 4 is 28.5 Å². The first-order chi connectivity index (χ1) is 10.5. The molecule has 0 bridgehead atoms. The molecule has 1 aromatic heterocycles. The molecule has 1 atom stereocenters. The van der Waals surface area contributed by atoms with E-state index >= 15 is 0 Å². The number of carbonyl (C=O) groups is 1. The normalized spacial score (nSPS) is 17.7. The number of ether oxygens (including phenoxy) is 1. The number of hydrogen-bond acceptors (Lipinski definition) is 4.